The van der Waals surface area contributed by atoms with Crippen molar-refractivity contribution in [2.45, 2.75) is 32.2 Å². The summed E-state index contributed by atoms with van der Waals surface area (Å²) in [7, 11) is 0. The number of aryl methyl sites for hydroxylation is 1. The fraction of sp³-hybridized carbons (Fsp3) is 0.292. The summed E-state index contributed by atoms with van der Waals surface area (Å²) in [4.78, 5) is 28.1. The molecule has 0 saturated carbocycles. The number of fused-ring (bicyclic) bond motifs is 1. The first-order valence-electron chi connectivity index (χ1n) is 10.7. The Balaban J connectivity index is 1.57. The van der Waals surface area contributed by atoms with Crippen LogP contribution in [0.5, 0.6) is 0 Å². The highest BCUT2D eigenvalue weighted by Crippen LogP contribution is 2.32. The average Bonchev–Trinajstić information content (AvgIpc) is 3.39. The van der Waals surface area contributed by atoms with Crippen LogP contribution in [0.4, 0.5) is 8.78 Å². The van der Waals surface area contributed by atoms with Gasteiger partial charge in [0.05, 0.1) is 5.69 Å². The second kappa shape index (κ2) is 7.85. The number of hydrogen-bond acceptors (Lipinski definition) is 3. The lowest BCUT2D eigenvalue weighted by atomic mass is 9.97. The molecule has 1 aromatic heterocycles. The van der Waals surface area contributed by atoms with Gasteiger partial charge < -0.3 is 10.2 Å². The van der Waals surface area contributed by atoms with Crippen molar-refractivity contribution in [3.05, 3.63) is 82.2 Å². The number of benzene rings is 2. The van der Waals surface area contributed by atoms with E-state index in [2.05, 4.69) is 10.4 Å². The Morgan fingerprint density at radius 1 is 1.12 bits per heavy atom. The third-order valence-corrected chi connectivity index (χ3v) is 6.24. The number of hydrogen-bond donors (Lipinski definition) is 1. The minimum Gasteiger partial charge on any atom is -0.352 e. The molecule has 2 aliphatic rings. The van der Waals surface area contributed by atoms with Crippen LogP contribution >= 0.6 is 0 Å². The Kier molecular flexibility index (Phi) is 5.00. The Hall–Kier alpha value is -3.55. The van der Waals surface area contributed by atoms with Crippen LogP contribution < -0.4 is 5.32 Å². The van der Waals surface area contributed by atoms with E-state index in [9.17, 15) is 18.4 Å². The predicted molar refractivity (Wildman–Crippen MR) is 113 cm³/mol. The zero-order chi connectivity index (χ0) is 22.4. The second-order valence-electron chi connectivity index (χ2n) is 8.19. The molecule has 32 heavy (non-hydrogen) atoms. The van der Waals surface area contributed by atoms with Crippen molar-refractivity contribution in [3.8, 4) is 5.69 Å². The Morgan fingerprint density at radius 2 is 1.94 bits per heavy atom. The maximum Gasteiger partial charge on any atom is 0.275 e. The lowest BCUT2D eigenvalue weighted by Gasteiger charge is -2.35. The van der Waals surface area contributed by atoms with E-state index in [0.29, 0.717) is 31.6 Å². The molecule has 3 aromatic rings. The van der Waals surface area contributed by atoms with Gasteiger partial charge in [-0.2, -0.15) is 5.10 Å². The summed E-state index contributed by atoms with van der Waals surface area (Å²) in [6.45, 7) is 2.63. The van der Waals surface area contributed by atoms with Crippen LogP contribution in [0, 0.1) is 18.6 Å². The first-order chi connectivity index (χ1) is 15.5. The van der Waals surface area contributed by atoms with Gasteiger partial charge in [-0.25, -0.2) is 13.5 Å². The number of nitrogens with zero attached hydrogens (tertiary/aromatic N) is 3. The Morgan fingerprint density at radius 3 is 2.72 bits per heavy atom. The Labute approximate surface area is 183 Å². The monoisotopic (exact) mass is 436 g/mol. The molecule has 8 heteroatoms. The van der Waals surface area contributed by atoms with Crippen molar-refractivity contribution < 1.29 is 18.4 Å². The average molecular weight is 436 g/mol. The van der Waals surface area contributed by atoms with Crippen LogP contribution in [0.3, 0.4) is 0 Å². The van der Waals surface area contributed by atoms with Gasteiger partial charge in [0.15, 0.2) is 17.3 Å². The molecule has 2 amide bonds. The van der Waals surface area contributed by atoms with Crippen LogP contribution in [-0.2, 0) is 17.6 Å². The highest BCUT2D eigenvalue weighted by atomic mass is 19.2. The van der Waals surface area contributed by atoms with Crippen molar-refractivity contribution in [1.29, 1.82) is 0 Å². The number of halogens is 2. The predicted octanol–water partition coefficient (Wildman–Crippen LogP) is 3.26. The summed E-state index contributed by atoms with van der Waals surface area (Å²) in [5, 5.41) is 7.38. The minimum atomic E-state index is -0.968. The molecule has 1 N–H and O–H groups in total. The lowest BCUT2D eigenvalue weighted by molar-refractivity contribution is -0.128. The fourth-order valence-electron chi connectivity index (χ4n) is 4.66. The van der Waals surface area contributed by atoms with E-state index in [1.807, 2.05) is 31.2 Å². The molecule has 2 heterocycles. The van der Waals surface area contributed by atoms with E-state index in [1.165, 1.54) is 10.7 Å². The van der Waals surface area contributed by atoms with Gasteiger partial charge in [-0.15, -0.1) is 0 Å². The van der Waals surface area contributed by atoms with Gasteiger partial charge >= 0.3 is 0 Å². The SMILES string of the molecule is Cc1ccccc1C1C(=O)NCCN1C(=O)c1nn(-c2ccc(F)c(F)c2)c2c1CCC2. The molecule has 6 nitrogen and oxygen atoms in total. The normalized spacial score (nSPS) is 17.9. The molecule has 164 valence electrons. The van der Waals surface area contributed by atoms with Crippen LogP contribution in [0.25, 0.3) is 5.69 Å². The van der Waals surface area contributed by atoms with Crippen molar-refractivity contribution in [3.63, 3.8) is 0 Å². The molecule has 0 spiro atoms. The summed E-state index contributed by atoms with van der Waals surface area (Å²) in [5.41, 5.74) is 3.98. The molecule has 1 aliphatic heterocycles. The smallest absolute Gasteiger partial charge is 0.275 e. The minimum absolute atomic E-state index is 0.226. The van der Waals surface area contributed by atoms with Gasteiger partial charge in [0.1, 0.15) is 6.04 Å². The van der Waals surface area contributed by atoms with Crippen molar-refractivity contribution in [1.82, 2.24) is 20.0 Å². The van der Waals surface area contributed by atoms with Crippen molar-refractivity contribution >= 4 is 11.8 Å². The van der Waals surface area contributed by atoms with Gasteiger partial charge in [0.25, 0.3) is 5.91 Å². The molecule has 1 saturated heterocycles. The van der Waals surface area contributed by atoms with Crippen LogP contribution in [0.2, 0.25) is 0 Å². The molecular weight excluding hydrogens is 414 g/mol. The first-order valence-corrected chi connectivity index (χ1v) is 10.7. The molecule has 1 atom stereocenters. The topological polar surface area (TPSA) is 67.2 Å². The molecule has 1 fully saturated rings. The fourth-order valence-corrected chi connectivity index (χ4v) is 4.66. The number of amides is 2. The molecule has 0 bridgehead atoms. The number of aromatic nitrogens is 2. The van der Waals surface area contributed by atoms with E-state index in [0.717, 1.165) is 40.9 Å². The summed E-state index contributed by atoms with van der Waals surface area (Å²) in [6.07, 6.45) is 2.21. The highest BCUT2D eigenvalue weighted by molar-refractivity contribution is 5.98. The number of carbonyl (C=O) groups is 2. The third kappa shape index (κ3) is 3.26. The molecular formula is C24H22F2N4O2. The van der Waals surface area contributed by atoms with E-state index in [4.69, 9.17) is 0 Å². The summed E-state index contributed by atoms with van der Waals surface area (Å²) in [6, 6.07) is 10.3. The van der Waals surface area contributed by atoms with Crippen LogP contribution in [-0.4, -0.2) is 39.6 Å². The first kappa shape index (κ1) is 20.4. The van der Waals surface area contributed by atoms with E-state index < -0.39 is 17.7 Å². The number of rotatable bonds is 3. The zero-order valence-electron chi connectivity index (χ0n) is 17.6. The maximum absolute atomic E-state index is 13.9. The summed E-state index contributed by atoms with van der Waals surface area (Å²) < 4.78 is 28.8. The van der Waals surface area contributed by atoms with Crippen molar-refractivity contribution in [2.24, 2.45) is 0 Å². The summed E-state index contributed by atoms with van der Waals surface area (Å²) in [5.74, 6) is -2.46. The Bertz CT molecular complexity index is 1240. The van der Waals surface area contributed by atoms with Crippen LogP contribution in [0.15, 0.2) is 42.5 Å². The van der Waals surface area contributed by atoms with Crippen molar-refractivity contribution in [2.75, 3.05) is 13.1 Å². The van der Waals surface area contributed by atoms with E-state index >= 15 is 0 Å². The third-order valence-electron chi connectivity index (χ3n) is 6.24. The van der Waals surface area contributed by atoms with E-state index in [-0.39, 0.29) is 17.5 Å². The van der Waals surface area contributed by atoms with Gasteiger partial charge in [0.2, 0.25) is 5.91 Å². The van der Waals surface area contributed by atoms with Gasteiger partial charge in [-0.3, -0.25) is 9.59 Å². The quantitative estimate of drug-likeness (QED) is 0.686. The second-order valence-corrected chi connectivity index (χ2v) is 8.19. The highest BCUT2D eigenvalue weighted by Gasteiger charge is 2.38. The number of nitrogens with one attached hydrogen (secondary N) is 1. The van der Waals surface area contributed by atoms with Gasteiger partial charge in [-0.1, -0.05) is 24.3 Å². The zero-order valence-corrected chi connectivity index (χ0v) is 17.6. The summed E-state index contributed by atoms with van der Waals surface area (Å²) >= 11 is 0. The van der Waals surface area contributed by atoms with Crippen LogP contribution in [0.1, 0.15) is 45.3 Å². The lowest BCUT2D eigenvalue weighted by Crippen LogP contribution is -2.52. The number of piperazine rings is 1. The van der Waals surface area contributed by atoms with Gasteiger partial charge in [0, 0.05) is 30.4 Å². The largest absolute Gasteiger partial charge is 0.352 e. The van der Waals surface area contributed by atoms with E-state index in [1.54, 1.807) is 4.90 Å². The number of carbonyl (C=O) groups excluding carboxylic acids is 2. The standard InChI is InChI=1S/C24H22F2N4O2/c1-14-5-2-3-6-16(14)22-23(31)27-11-12-29(22)24(32)21-17-7-4-8-20(17)30(28-21)15-9-10-18(25)19(26)13-15/h2-3,5-6,9-10,13,22H,4,7-8,11-12H2,1H3,(H,27,31). The molecule has 2 aromatic carbocycles. The molecule has 1 unspecified atom stereocenters. The molecule has 5 rings (SSSR count). The molecule has 1 aliphatic carbocycles. The van der Waals surface area contributed by atoms with Gasteiger partial charge in [-0.05, 0) is 49.4 Å². The maximum atomic E-state index is 13.9. The molecule has 0 radical (unpaired) electrons.